The third kappa shape index (κ3) is 3.97. The molecule has 32 heavy (non-hydrogen) atoms. The van der Waals surface area contributed by atoms with Crippen molar-refractivity contribution >= 4 is 48.4 Å². The summed E-state index contributed by atoms with van der Waals surface area (Å²) in [5.74, 6) is -0.559. The summed E-state index contributed by atoms with van der Waals surface area (Å²) in [6.07, 6.45) is -4.72. The van der Waals surface area contributed by atoms with Crippen molar-refractivity contribution in [3.63, 3.8) is 0 Å². The summed E-state index contributed by atoms with van der Waals surface area (Å²) < 4.78 is 73.0. The molecule has 4 rings (SSSR count). The summed E-state index contributed by atoms with van der Waals surface area (Å²) in [5.41, 5.74) is 0.0499. The first-order chi connectivity index (χ1) is 15.0. The van der Waals surface area contributed by atoms with E-state index in [2.05, 4.69) is 9.72 Å². The molecule has 168 valence electrons. The van der Waals surface area contributed by atoms with Crippen molar-refractivity contribution in [2.24, 2.45) is 0 Å². The molecule has 0 unspecified atom stereocenters. The van der Waals surface area contributed by atoms with Gasteiger partial charge in [-0.25, -0.2) is 17.4 Å². The number of carbonyl (C=O) groups is 1. The third-order valence-corrected chi connectivity index (χ3v) is 7.67. The largest absolute Gasteiger partial charge is 0.469 e. The summed E-state index contributed by atoms with van der Waals surface area (Å²) in [6, 6.07) is 8.74. The molecule has 0 aliphatic carbocycles. The SMILES string of the molecule is COC(=O)CCc1cc2cc(C(F)(F)F)ccc2n1S(=O)(=O)c1ccc2nc(C)sc2c1. The summed E-state index contributed by atoms with van der Waals surface area (Å²) >= 11 is 1.34. The van der Waals surface area contributed by atoms with Crippen LogP contribution in [-0.4, -0.2) is 30.5 Å². The molecule has 0 saturated heterocycles. The number of hydrogen-bond donors (Lipinski definition) is 0. The van der Waals surface area contributed by atoms with Crippen LogP contribution in [0, 0.1) is 6.92 Å². The van der Waals surface area contributed by atoms with E-state index in [-0.39, 0.29) is 34.3 Å². The molecule has 6 nitrogen and oxygen atoms in total. The van der Waals surface area contributed by atoms with Gasteiger partial charge in [-0.2, -0.15) is 13.2 Å². The first-order valence-electron chi connectivity index (χ1n) is 9.42. The van der Waals surface area contributed by atoms with Crippen LogP contribution in [0.15, 0.2) is 47.4 Å². The van der Waals surface area contributed by atoms with E-state index in [0.717, 1.165) is 27.2 Å². The topological polar surface area (TPSA) is 78.3 Å². The summed E-state index contributed by atoms with van der Waals surface area (Å²) in [5, 5.41) is 0.886. The number of halogens is 3. The smallest absolute Gasteiger partial charge is 0.416 e. The standard InChI is InChI=1S/C21H17F3N2O4S2/c1-12-25-17-6-5-16(11-19(17)31-12)32(28,29)26-15(4-8-20(27)30-2)10-13-9-14(21(22,23)24)3-7-18(13)26/h3,5-7,9-11H,4,8H2,1-2H3. The van der Waals surface area contributed by atoms with Crippen molar-refractivity contribution in [3.8, 4) is 0 Å². The van der Waals surface area contributed by atoms with Gasteiger partial charge >= 0.3 is 12.1 Å². The first kappa shape index (κ1) is 22.3. The molecule has 0 bridgehead atoms. The Bertz CT molecular complexity index is 1450. The molecule has 2 aromatic carbocycles. The predicted molar refractivity (Wildman–Crippen MR) is 114 cm³/mol. The van der Waals surface area contributed by atoms with E-state index in [1.54, 1.807) is 13.0 Å². The molecule has 0 atom stereocenters. The average Bonchev–Trinajstić information content (AvgIpc) is 3.29. The number of alkyl halides is 3. The number of nitrogens with zero attached hydrogens (tertiary/aromatic N) is 2. The monoisotopic (exact) mass is 482 g/mol. The van der Waals surface area contributed by atoms with Crippen LogP contribution in [0.25, 0.3) is 21.1 Å². The maximum absolute atomic E-state index is 13.6. The first-order valence-corrected chi connectivity index (χ1v) is 11.7. The van der Waals surface area contributed by atoms with E-state index in [9.17, 15) is 26.4 Å². The number of carbonyl (C=O) groups excluding carboxylic acids is 1. The van der Waals surface area contributed by atoms with Crippen LogP contribution in [-0.2, 0) is 32.2 Å². The van der Waals surface area contributed by atoms with Crippen molar-refractivity contribution in [3.05, 3.63) is 58.7 Å². The molecule has 0 amide bonds. The number of methoxy groups -OCH3 is 1. The fourth-order valence-electron chi connectivity index (χ4n) is 3.50. The molecule has 2 aromatic heterocycles. The summed E-state index contributed by atoms with van der Waals surface area (Å²) in [6.45, 7) is 1.81. The fourth-order valence-corrected chi connectivity index (χ4v) is 6.04. The predicted octanol–water partition coefficient (Wildman–Crippen LogP) is 4.92. The molecule has 0 N–H and O–H groups in total. The molecule has 2 heterocycles. The lowest BCUT2D eigenvalue weighted by Crippen LogP contribution is -2.16. The average molecular weight is 483 g/mol. The molecule has 0 saturated carbocycles. The van der Waals surface area contributed by atoms with Gasteiger partial charge in [0.2, 0.25) is 0 Å². The third-order valence-electron chi connectivity index (χ3n) is 4.97. The highest BCUT2D eigenvalue weighted by molar-refractivity contribution is 7.90. The minimum atomic E-state index is -4.57. The van der Waals surface area contributed by atoms with Crippen molar-refractivity contribution in [1.29, 1.82) is 0 Å². The van der Waals surface area contributed by atoms with Gasteiger partial charge in [0.1, 0.15) is 0 Å². The zero-order valence-corrected chi connectivity index (χ0v) is 18.6. The van der Waals surface area contributed by atoms with E-state index >= 15 is 0 Å². The second-order valence-electron chi connectivity index (χ2n) is 7.12. The summed E-state index contributed by atoms with van der Waals surface area (Å²) in [7, 11) is -2.97. The highest BCUT2D eigenvalue weighted by atomic mass is 32.2. The number of esters is 1. The van der Waals surface area contributed by atoms with Gasteiger partial charge in [-0.15, -0.1) is 11.3 Å². The quantitative estimate of drug-likeness (QED) is 0.377. The van der Waals surface area contributed by atoms with Gasteiger partial charge < -0.3 is 4.74 Å². The number of fused-ring (bicyclic) bond motifs is 2. The minimum absolute atomic E-state index is 0.0228. The lowest BCUT2D eigenvalue weighted by atomic mass is 10.1. The number of aryl methyl sites for hydroxylation is 2. The molecule has 0 aliphatic rings. The zero-order chi connectivity index (χ0) is 23.3. The Labute approximate surface area is 185 Å². The van der Waals surface area contributed by atoms with Gasteiger partial charge in [0.25, 0.3) is 10.0 Å². The molecule has 0 radical (unpaired) electrons. The Morgan fingerprint density at radius 3 is 2.59 bits per heavy atom. The molecular formula is C21H17F3N2O4S2. The van der Waals surface area contributed by atoms with E-state index in [1.807, 2.05) is 0 Å². The molecule has 11 heteroatoms. The number of thiazole rings is 1. The van der Waals surface area contributed by atoms with E-state index in [1.165, 1.54) is 36.6 Å². The van der Waals surface area contributed by atoms with Crippen LogP contribution >= 0.6 is 11.3 Å². The van der Waals surface area contributed by atoms with Crippen LogP contribution < -0.4 is 0 Å². The Morgan fingerprint density at radius 2 is 1.91 bits per heavy atom. The van der Waals surface area contributed by atoms with E-state index < -0.39 is 27.7 Å². The van der Waals surface area contributed by atoms with Crippen LogP contribution in [0.3, 0.4) is 0 Å². The minimum Gasteiger partial charge on any atom is -0.469 e. The van der Waals surface area contributed by atoms with Gasteiger partial charge in [0, 0.05) is 11.1 Å². The second-order valence-corrected chi connectivity index (χ2v) is 10.1. The second kappa shape index (κ2) is 7.89. The van der Waals surface area contributed by atoms with Gasteiger partial charge in [0.05, 0.1) is 44.7 Å². The van der Waals surface area contributed by atoms with Crippen molar-refractivity contribution < 1.29 is 31.1 Å². The van der Waals surface area contributed by atoms with Crippen molar-refractivity contribution in [1.82, 2.24) is 8.96 Å². The van der Waals surface area contributed by atoms with E-state index in [0.29, 0.717) is 10.2 Å². The Morgan fingerprint density at radius 1 is 1.16 bits per heavy atom. The fraction of sp³-hybridized carbons (Fsp3) is 0.238. The Balaban J connectivity index is 1.91. The number of rotatable bonds is 5. The van der Waals surface area contributed by atoms with Crippen LogP contribution in [0.2, 0.25) is 0 Å². The molecule has 0 fully saturated rings. The van der Waals surface area contributed by atoms with Gasteiger partial charge in [-0.3, -0.25) is 4.79 Å². The van der Waals surface area contributed by atoms with Gasteiger partial charge in [-0.1, -0.05) is 0 Å². The van der Waals surface area contributed by atoms with Crippen LogP contribution in [0.1, 0.15) is 22.7 Å². The molecule has 4 aromatic rings. The molecule has 0 aliphatic heterocycles. The van der Waals surface area contributed by atoms with Gasteiger partial charge in [0.15, 0.2) is 0 Å². The van der Waals surface area contributed by atoms with Gasteiger partial charge in [-0.05, 0) is 55.8 Å². The maximum atomic E-state index is 13.6. The Kier molecular flexibility index (Phi) is 5.49. The lowest BCUT2D eigenvalue weighted by molar-refractivity contribution is -0.140. The normalized spacial score (nSPS) is 12.5. The highest BCUT2D eigenvalue weighted by Gasteiger charge is 2.32. The number of ether oxygens (including phenoxy) is 1. The molecular weight excluding hydrogens is 465 g/mol. The van der Waals surface area contributed by atoms with Crippen LogP contribution in [0.4, 0.5) is 13.2 Å². The number of benzene rings is 2. The maximum Gasteiger partial charge on any atom is 0.416 e. The highest BCUT2D eigenvalue weighted by Crippen LogP contribution is 2.34. The lowest BCUT2D eigenvalue weighted by Gasteiger charge is -2.12. The van der Waals surface area contributed by atoms with Crippen molar-refractivity contribution in [2.45, 2.75) is 30.8 Å². The number of hydrogen-bond acceptors (Lipinski definition) is 6. The Hall–Kier alpha value is -2.92. The van der Waals surface area contributed by atoms with Crippen LogP contribution in [0.5, 0.6) is 0 Å². The van der Waals surface area contributed by atoms with E-state index in [4.69, 9.17) is 0 Å². The van der Waals surface area contributed by atoms with Crippen molar-refractivity contribution in [2.75, 3.05) is 7.11 Å². The summed E-state index contributed by atoms with van der Waals surface area (Å²) in [4.78, 5) is 15.9. The number of aromatic nitrogens is 2. The molecule has 0 spiro atoms. The zero-order valence-electron chi connectivity index (χ0n) is 16.9.